The fourth-order valence-electron chi connectivity index (χ4n) is 4.60. The van der Waals surface area contributed by atoms with Crippen molar-refractivity contribution in [3.63, 3.8) is 0 Å². The van der Waals surface area contributed by atoms with Gasteiger partial charge in [0.25, 0.3) is 5.91 Å². The number of benzene rings is 2. The Bertz CT molecular complexity index is 1430. The van der Waals surface area contributed by atoms with Gasteiger partial charge in [-0.2, -0.15) is 0 Å². The van der Waals surface area contributed by atoms with Crippen LogP contribution in [0.3, 0.4) is 0 Å². The van der Waals surface area contributed by atoms with Gasteiger partial charge in [-0.05, 0) is 56.0 Å². The number of imidazole rings is 1. The lowest BCUT2D eigenvalue weighted by atomic mass is 10.0. The molecule has 3 heterocycles. The number of amides is 1. The predicted molar refractivity (Wildman–Crippen MR) is 138 cm³/mol. The Balaban J connectivity index is 1.56. The van der Waals surface area contributed by atoms with E-state index in [2.05, 4.69) is 48.6 Å². The molecule has 1 N–H and O–H groups in total. The number of aromatic amines is 1. The summed E-state index contributed by atoms with van der Waals surface area (Å²) in [5.41, 5.74) is 6.28. The van der Waals surface area contributed by atoms with E-state index in [0.717, 1.165) is 26.5 Å². The lowest BCUT2D eigenvalue weighted by Gasteiger charge is -2.22. The summed E-state index contributed by atoms with van der Waals surface area (Å²) in [4.78, 5) is 29.5. The van der Waals surface area contributed by atoms with Gasteiger partial charge < -0.3 is 19.4 Å². The maximum Gasteiger partial charge on any atom is 0.274 e. The lowest BCUT2D eigenvalue weighted by Crippen LogP contribution is -2.31. The molecule has 0 radical (unpaired) electrons. The van der Waals surface area contributed by atoms with Crippen molar-refractivity contribution in [3.8, 4) is 21.9 Å². The van der Waals surface area contributed by atoms with Gasteiger partial charge in [0.05, 0.1) is 30.1 Å². The molecule has 1 saturated heterocycles. The Morgan fingerprint density at radius 1 is 1.09 bits per heavy atom. The van der Waals surface area contributed by atoms with Crippen LogP contribution in [-0.2, 0) is 0 Å². The highest BCUT2D eigenvalue weighted by Crippen LogP contribution is 2.40. The van der Waals surface area contributed by atoms with Crippen LogP contribution in [0.5, 0.6) is 11.5 Å². The normalized spacial score (nSPS) is 15.7. The molecule has 8 heteroatoms. The van der Waals surface area contributed by atoms with Crippen LogP contribution in [-0.4, -0.2) is 46.5 Å². The Labute approximate surface area is 208 Å². The first-order valence-electron chi connectivity index (χ1n) is 11.4. The molecule has 0 saturated carbocycles. The van der Waals surface area contributed by atoms with Gasteiger partial charge in [-0.3, -0.25) is 4.79 Å². The molecule has 7 nitrogen and oxygen atoms in total. The van der Waals surface area contributed by atoms with Crippen LogP contribution in [0, 0.1) is 20.8 Å². The molecule has 5 rings (SSSR count). The van der Waals surface area contributed by atoms with Crippen LogP contribution in [0.4, 0.5) is 0 Å². The van der Waals surface area contributed by atoms with Crippen LogP contribution in [0.25, 0.3) is 21.5 Å². The third-order valence-corrected chi connectivity index (χ3v) is 7.58. The van der Waals surface area contributed by atoms with E-state index in [4.69, 9.17) is 14.5 Å². The van der Waals surface area contributed by atoms with E-state index in [-0.39, 0.29) is 11.9 Å². The van der Waals surface area contributed by atoms with Gasteiger partial charge in [-0.25, -0.2) is 9.97 Å². The number of hydrogen-bond acceptors (Lipinski definition) is 6. The third kappa shape index (κ3) is 3.97. The monoisotopic (exact) mass is 488 g/mol. The number of rotatable bonds is 5. The topological polar surface area (TPSA) is 80.3 Å². The molecular weight excluding hydrogens is 460 g/mol. The molecule has 1 fully saturated rings. The molecule has 2 aromatic heterocycles. The third-order valence-electron chi connectivity index (χ3n) is 6.56. The molecule has 1 aliphatic heterocycles. The molecule has 0 bridgehead atoms. The molecule has 2 aromatic carbocycles. The highest BCUT2D eigenvalue weighted by Gasteiger charge is 2.37. The van der Waals surface area contributed by atoms with Crippen molar-refractivity contribution < 1.29 is 14.3 Å². The number of hydrogen-bond donors (Lipinski definition) is 1. The summed E-state index contributed by atoms with van der Waals surface area (Å²) in [5, 5.41) is 0.856. The van der Waals surface area contributed by atoms with Crippen molar-refractivity contribution in [2.45, 2.75) is 33.2 Å². The van der Waals surface area contributed by atoms with Crippen molar-refractivity contribution in [2.75, 3.05) is 20.8 Å². The van der Waals surface area contributed by atoms with Gasteiger partial charge in [0.15, 0.2) is 0 Å². The number of aryl methyl sites for hydroxylation is 3. The Hall–Kier alpha value is -3.65. The zero-order chi connectivity index (χ0) is 24.9. The number of H-pyrrole nitrogens is 1. The molecule has 35 heavy (non-hydrogen) atoms. The van der Waals surface area contributed by atoms with E-state index in [9.17, 15) is 4.79 Å². The second-order valence-electron chi connectivity index (χ2n) is 8.93. The Morgan fingerprint density at radius 2 is 1.83 bits per heavy atom. The summed E-state index contributed by atoms with van der Waals surface area (Å²) in [6.07, 6.45) is 0.623. The van der Waals surface area contributed by atoms with Gasteiger partial charge in [-0.15, -0.1) is 11.3 Å². The van der Waals surface area contributed by atoms with E-state index >= 15 is 0 Å². The van der Waals surface area contributed by atoms with Crippen LogP contribution in [0.15, 0.2) is 42.5 Å². The average Bonchev–Trinajstić information content (AvgIpc) is 3.56. The average molecular weight is 489 g/mol. The summed E-state index contributed by atoms with van der Waals surface area (Å²) in [6.45, 7) is 10.7. The van der Waals surface area contributed by atoms with Crippen LogP contribution >= 0.6 is 11.3 Å². The zero-order valence-corrected chi connectivity index (χ0v) is 21.4. The van der Waals surface area contributed by atoms with Gasteiger partial charge in [-0.1, -0.05) is 30.4 Å². The van der Waals surface area contributed by atoms with Crippen LogP contribution in [0.2, 0.25) is 0 Å². The van der Waals surface area contributed by atoms with Crippen molar-refractivity contribution in [2.24, 2.45) is 0 Å². The number of likely N-dealkylation sites (tertiary alicyclic amines) is 1. The second-order valence-corrected chi connectivity index (χ2v) is 10.1. The molecule has 4 aromatic rings. The van der Waals surface area contributed by atoms with E-state index in [0.29, 0.717) is 41.5 Å². The quantitative estimate of drug-likeness (QED) is 0.361. The summed E-state index contributed by atoms with van der Waals surface area (Å²) < 4.78 is 11.0. The van der Waals surface area contributed by atoms with Crippen molar-refractivity contribution >= 4 is 28.3 Å². The summed E-state index contributed by atoms with van der Waals surface area (Å²) in [6, 6.07) is 9.65. The minimum Gasteiger partial charge on any atom is -0.494 e. The number of methoxy groups -OCH3 is 2. The molecule has 180 valence electrons. The number of carbonyl (C=O) groups is 1. The standard InChI is InChI=1S/C27H28N4O3S/c1-14-11-19(26-29-22-20(33-5)9-10-21(34-6)23(22)30-26)31(13-14)27(32)24-25(35-17(4)28-24)18-8-7-15(2)16(3)12-18/h7-10,12,19H,1,11,13H2,2-6H3,(H,29,30). The van der Waals surface area contributed by atoms with E-state index in [1.165, 1.54) is 11.1 Å². The first-order chi connectivity index (χ1) is 16.8. The van der Waals surface area contributed by atoms with Gasteiger partial charge in [0.2, 0.25) is 0 Å². The first-order valence-corrected chi connectivity index (χ1v) is 12.3. The molecular formula is C27H28N4O3S. The molecule has 1 amide bonds. The highest BCUT2D eigenvalue weighted by molar-refractivity contribution is 7.15. The highest BCUT2D eigenvalue weighted by atomic mass is 32.1. The number of nitrogens with zero attached hydrogens (tertiary/aromatic N) is 3. The summed E-state index contributed by atoms with van der Waals surface area (Å²) in [7, 11) is 3.23. The Kier molecular flexibility index (Phi) is 5.84. The number of thiazole rings is 1. The number of nitrogens with one attached hydrogen (secondary N) is 1. The molecule has 0 aliphatic carbocycles. The fourth-order valence-corrected chi connectivity index (χ4v) is 5.50. The predicted octanol–water partition coefficient (Wildman–Crippen LogP) is 5.77. The van der Waals surface area contributed by atoms with Crippen LogP contribution < -0.4 is 9.47 Å². The molecule has 1 atom stereocenters. The number of ether oxygens (including phenoxy) is 2. The maximum atomic E-state index is 13.9. The molecule has 1 aliphatic rings. The smallest absolute Gasteiger partial charge is 0.274 e. The lowest BCUT2D eigenvalue weighted by molar-refractivity contribution is 0.0728. The van der Waals surface area contributed by atoms with Gasteiger partial charge >= 0.3 is 0 Å². The van der Waals surface area contributed by atoms with Crippen molar-refractivity contribution in [3.05, 3.63) is 70.1 Å². The fraction of sp³-hybridized carbons (Fsp3) is 0.296. The zero-order valence-electron chi connectivity index (χ0n) is 20.6. The maximum absolute atomic E-state index is 13.9. The van der Waals surface area contributed by atoms with Gasteiger partial charge in [0.1, 0.15) is 34.1 Å². The Morgan fingerprint density at radius 3 is 2.54 bits per heavy atom. The molecule has 1 unspecified atom stereocenters. The largest absolute Gasteiger partial charge is 0.494 e. The summed E-state index contributed by atoms with van der Waals surface area (Å²) in [5.74, 6) is 1.87. The second kappa shape index (κ2) is 8.85. The van der Waals surface area contributed by atoms with Gasteiger partial charge in [0, 0.05) is 6.54 Å². The minimum absolute atomic E-state index is 0.120. The van der Waals surface area contributed by atoms with E-state index < -0.39 is 0 Å². The first kappa shape index (κ1) is 23.1. The van der Waals surface area contributed by atoms with E-state index in [1.54, 1.807) is 25.6 Å². The summed E-state index contributed by atoms with van der Waals surface area (Å²) >= 11 is 1.54. The number of carbonyl (C=O) groups excluding carboxylic acids is 1. The van der Waals surface area contributed by atoms with Crippen molar-refractivity contribution in [1.82, 2.24) is 19.9 Å². The number of fused-ring (bicyclic) bond motifs is 1. The molecule has 0 spiro atoms. The minimum atomic E-state index is -0.286. The van der Waals surface area contributed by atoms with E-state index in [1.807, 2.05) is 24.0 Å². The SMILES string of the molecule is C=C1CC(c2nc3c(OC)ccc(OC)c3[nH]2)N(C(=O)c2nc(C)sc2-c2ccc(C)c(C)c2)C1. The van der Waals surface area contributed by atoms with Crippen LogP contribution in [0.1, 0.15) is 44.9 Å². The number of aromatic nitrogens is 3. The van der Waals surface area contributed by atoms with Crippen molar-refractivity contribution in [1.29, 1.82) is 0 Å².